The maximum Gasteiger partial charge on any atom is 0.323 e. The third-order valence-electron chi connectivity index (χ3n) is 5.53. The molecule has 6 heteroatoms. The summed E-state index contributed by atoms with van der Waals surface area (Å²) in [5, 5.41) is 0. The van der Waals surface area contributed by atoms with Crippen molar-refractivity contribution in [3.8, 4) is 0 Å². The minimum absolute atomic E-state index is 0.0422. The number of likely N-dealkylation sites (tertiary alicyclic amines) is 1. The van der Waals surface area contributed by atoms with Gasteiger partial charge in [-0.25, -0.2) is 9.18 Å². The highest BCUT2D eigenvalue weighted by Gasteiger charge is 2.22. The van der Waals surface area contributed by atoms with Crippen LogP contribution in [0.4, 0.5) is 4.39 Å². The van der Waals surface area contributed by atoms with Gasteiger partial charge >= 0.3 is 5.69 Å². The SMILES string of the molecule is O=C(CCN1CCC[C@H](Cc2ccccc2)C1)c1cc2[nH]c(=O)[nH]c2cc1F. The number of imidazole rings is 1. The Hall–Kier alpha value is -2.73. The predicted octanol–water partition coefficient (Wildman–Crippen LogP) is 3.52. The number of hydrogen-bond acceptors (Lipinski definition) is 3. The Morgan fingerprint density at radius 3 is 2.68 bits per heavy atom. The van der Waals surface area contributed by atoms with Gasteiger partial charge in [-0.2, -0.15) is 0 Å². The highest BCUT2D eigenvalue weighted by molar-refractivity contribution is 5.99. The molecule has 1 aromatic heterocycles. The van der Waals surface area contributed by atoms with Crippen molar-refractivity contribution in [3.63, 3.8) is 0 Å². The number of nitrogens with one attached hydrogen (secondary N) is 2. The largest absolute Gasteiger partial charge is 0.323 e. The van der Waals surface area contributed by atoms with Crippen LogP contribution in [0.2, 0.25) is 0 Å². The fourth-order valence-corrected chi connectivity index (χ4v) is 4.13. The summed E-state index contributed by atoms with van der Waals surface area (Å²) in [6, 6.07) is 13.1. The van der Waals surface area contributed by atoms with Gasteiger partial charge in [0, 0.05) is 25.6 Å². The molecule has 0 spiro atoms. The Morgan fingerprint density at radius 2 is 1.89 bits per heavy atom. The van der Waals surface area contributed by atoms with E-state index in [4.69, 9.17) is 0 Å². The number of carbonyl (C=O) groups excluding carboxylic acids is 1. The van der Waals surface area contributed by atoms with Gasteiger partial charge in [-0.3, -0.25) is 4.79 Å². The molecule has 4 rings (SSSR count). The fraction of sp³-hybridized carbons (Fsp3) is 0.364. The highest BCUT2D eigenvalue weighted by atomic mass is 19.1. The molecule has 2 aromatic carbocycles. The zero-order valence-electron chi connectivity index (χ0n) is 15.7. The number of H-pyrrole nitrogens is 2. The van der Waals surface area contributed by atoms with E-state index in [0.717, 1.165) is 25.9 Å². The average Bonchev–Trinajstić information content (AvgIpc) is 3.05. The third kappa shape index (κ3) is 4.22. The minimum Gasteiger partial charge on any atom is -0.306 e. The van der Waals surface area contributed by atoms with Crippen LogP contribution in [0.3, 0.4) is 0 Å². The van der Waals surface area contributed by atoms with Crippen molar-refractivity contribution in [2.24, 2.45) is 5.92 Å². The van der Waals surface area contributed by atoms with Gasteiger partial charge in [-0.15, -0.1) is 0 Å². The number of nitrogens with zero attached hydrogens (tertiary/aromatic N) is 1. The van der Waals surface area contributed by atoms with Gasteiger partial charge in [0.05, 0.1) is 16.6 Å². The standard InChI is InChI=1S/C22H24FN3O2/c23-18-13-20-19(24-22(28)25-20)12-17(18)21(27)8-10-26-9-4-7-16(14-26)11-15-5-2-1-3-6-15/h1-3,5-6,12-13,16H,4,7-11,14H2,(H2,24,25,28)/t16-/m1/s1. The molecule has 0 aliphatic carbocycles. The van der Waals surface area contributed by atoms with Crippen molar-refractivity contribution < 1.29 is 9.18 Å². The first-order valence-corrected chi connectivity index (χ1v) is 9.79. The van der Waals surface area contributed by atoms with Gasteiger partial charge < -0.3 is 14.9 Å². The van der Waals surface area contributed by atoms with Crippen molar-refractivity contribution >= 4 is 16.8 Å². The van der Waals surface area contributed by atoms with Crippen molar-refractivity contribution in [3.05, 3.63) is 69.9 Å². The summed E-state index contributed by atoms with van der Waals surface area (Å²) in [5.41, 5.74) is 1.81. The minimum atomic E-state index is -0.589. The second-order valence-corrected chi connectivity index (χ2v) is 7.63. The van der Waals surface area contributed by atoms with Crippen molar-refractivity contribution in [1.29, 1.82) is 0 Å². The summed E-state index contributed by atoms with van der Waals surface area (Å²) in [6.45, 7) is 2.57. The van der Waals surface area contributed by atoms with Crippen LogP contribution in [-0.2, 0) is 6.42 Å². The van der Waals surface area contributed by atoms with Crippen LogP contribution in [0.15, 0.2) is 47.3 Å². The fourth-order valence-electron chi connectivity index (χ4n) is 4.13. The molecule has 0 radical (unpaired) electrons. The molecule has 1 atom stereocenters. The quantitative estimate of drug-likeness (QED) is 0.642. The summed E-state index contributed by atoms with van der Waals surface area (Å²) in [5.74, 6) is -0.232. The molecule has 5 nitrogen and oxygen atoms in total. The van der Waals surface area contributed by atoms with E-state index in [0.29, 0.717) is 23.5 Å². The van der Waals surface area contributed by atoms with Crippen LogP contribution >= 0.6 is 0 Å². The first-order chi connectivity index (χ1) is 13.6. The summed E-state index contributed by atoms with van der Waals surface area (Å²) in [7, 11) is 0. The zero-order valence-corrected chi connectivity index (χ0v) is 15.7. The Labute approximate surface area is 162 Å². The van der Waals surface area contributed by atoms with Crippen LogP contribution in [-0.4, -0.2) is 40.3 Å². The summed E-state index contributed by atoms with van der Waals surface area (Å²) in [4.78, 5) is 31.3. The number of Topliss-reactive ketones (excluding diaryl/α,β-unsaturated/α-hetero) is 1. The molecule has 0 unspecified atom stereocenters. The normalized spacial score (nSPS) is 17.8. The molecule has 146 valence electrons. The van der Waals surface area contributed by atoms with Gasteiger partial charge in [-0.05, 0) is 43.4 Å². The molecule has 0 bridgehead atoms. The smallest absolute Gasteiger partial charge is 0.306 e. The maximum absolute atomic E-state index is 14.3. The Kier molecular flexibility index (Phi) is 5.39. The topological polar surface area (TPSA) is 69.0 Å². The summed E-state index contributed by atoms with van der Waals surface area (Å²) < 4.78 is 14.3. The number of fused-ring (bicyclic) bond motifs is 1. The van der Waals surface area contributed by atoms with Crippen LogP contribution in [0.5, 0.6) is 0 Å². The van der Waals surface area contributed by atoms with Gasteiger partial charge in [0.1, 0.15) is 5.82 Å². The predicted molar refractivity (Wildman–Crippen MR) is 107 cm³/mol. The van der Waals surface area contributed by atoms with Crippen molar-refractivity contribution in [2.75, 3.05) is 19.6 Å². The molecule has 2 N–H and O–H groups in total. The highest BCUT2D eigenvalue weighted by Crippen LogP contribution is 2.22. The number of carbonyl (C=O) groups is 1. The first-order valence-electron chi connectivity index (χ1n) is 9.79. The molecule has 1 aliphatic rings. The number of aromatic amines is 2. The monoisotopic (exact) mass is 381 g/mol. The Balaban J connectivity index is 1.36. The van der Waals surface area contributed by atoms with E-state index < -0.39 is 11.5 Å². The average molecular weight is 381 g/mol. The number of hydrogen-bond donors (Lipinski definition) is 2. The van der Waals surface area contributed by atoms with Gasteiger partial charge in [0.2, 0.25) is 0 Å². The molecular formula is C22H24FN3O2. The van der Waals surface area contributed by atoms with Gasteiger partial charge in [0.25, 0.3) is 0 Å². The number of ketones is 1. The van der Waals surface area contributed by atoms with Crippen LogP contribution in [0.25, 0.3) is 11.0 Å². The molecule has 1 fully saturated rings. The van der Waals surface area contributed by atoms with Crippen LogP contribution < -0.4 is 5.69 Å². The molecule has 0 amide bonds. The molecule has 28 heavy (non-hydrogen) atoms. The number of halogens is 1. The lowest BCUT2D eigenvalue weighted by atomic mass is 9.91. The lowest BCUT2D eigenvalue weighted by molar-refractivity contribution is 0.0942. The zero-order chi connectivity index (χ0) is 19.5. The molecule has 1 saturated heterocycles. The molecular weight excluding hydrogens is 357 g/mol. The summed E-state index contributed by atoms with van der Waals surface area (Å²) in [6.07, 6.45) is 3.65. The second kappa shape index (κ2) is 8.10. The number of aromatic nitrogens is 2. The van der Waals surface area contributed by atoms with E-state index in [-0.39, 0.29) is 17.8 Å². The first kappa shape index (κ1) is 18.6. The Bertz CT molecular complexity index is 1030. The van der Waals surface area contributed by atoms with Crippen LogP contribution in [0.1, 0.15) is 35.2 Å². The van der Waals surface area contributed by atoms with E-state index in [2.05, 4.69) is 39.1 Å². The van der Waals surface area contributed by atoms with E-state index in [9.17, 15) is 14.0 Å². The van der Waals surface area contributed by atoms with E-state index in [1.165, 1.54) is 24.1 Å². The van der Waals surface area contributed by atoms with E-state index in [1.807, 2.05) is 6.07 Å². The van der Waals surface area contributed by atoms with E-state index in [1.54, 1.807) is 0 Å². The number of benzene rings is 2. The molecule has 1 aliphatic heterocycles. The van der Waals surface area contributed by atoms with Crippen LogP contribution in [0, 0.1) is 11.7 Å². The van der Waals surface area contributed by atoms with Gasteiger partial charge in [0.15, 0.2) is 5.78 Å². The van der Waals surface area contributed by atoms with Crippen molar-refractivity contribution in [2.45, 2.75) is 25.7 Å². The Morgan fingerprint density at radius 1 is 1.14 bits per heavy atom. The number of piperidine rings is 1. The third-order valence-corrected chi connectivity index (χ3v) is 5.53. The van der Waals surface area contributed by atoms with Gasteiger partial charge in [-0.1, -0.05) is 30.3 Å². The lowest BCUT2D eigenvalue weighted by Gasteiger charge is -2.32. The molecule has 2 heterocycles. The van der Waals surface area contributed by atoms with Crippen molar-refractivity contribution in [1.82, 2.24) is 14.9 Å². The van der Waals surface area contributed by atoms with E-state index >= 15 is 0 Å². The molecule has 3 aromatic rings. The molecule has 0 saturated carbocycles. The summed E-state index contributed by atoms with van der Waals surface area (Å²) >= 11 is 0. The lowest BCUT2D eigenvalue weighted by Crippen LogP contribution is -2.37. The number of rotatable bonds is 6. The second-order valence-electron chi connectivity index (χ2n) is 7.63. The maximum atomic E-state index is 14.3.